The number of ether oxygens (including phenoxy) is 1. The van der Waals surface area contributed by atoms with Crippen LogP contribution in [0, 0.1) is 6.92 Å². The fourth-order valence-electron chi connectivity index (χ4n) is 2.11. The van der Waals surface area contributed by atoms with Crippen molar-refractivity contribution in [3.63, 3.8) is 0 Å². The average Bonchev–Trinajstić information content (AvgIpc) is 2.50. The maximum atomic E-state index is 5.97. The van der Waals surface area contributed by atoms with E-state index >= 15 is 0 Å². The van der Waals surface area contributed by atoms with Crippen molar-refractivity contribution < 1.29 is 4.74 Å². The van der Waals surface area contributed by atoms with Crippen molar-refractivity contribution in [2.75, 3.05) is 7.11 Å². The molecule has 0 bridgehead atoms. The van der Waals surface area contributed by atoms with Gasteiger partial charge in [0.1, 0.15) is 5.75 Å². The topological polar surface area (TPSA) is 35.2 Å². The highest BCUT2D eigenvalue weighted by Gasteiger charge is 2.21. The lowest BCUT2D eigenvalue weighted by atomic mass is 10.0. The van der Waals surface area contributed by atoms with Crippen molar-refractivity contribution in [2.45, 2.75) is 25.8 Å². The zero-order valence-corrected chi connectivity index (χ0v) is 8.13. The van der Waals surface area contributed by atoms with Crippen LogP contribution in [0.15, 0.2) is 12.1 Å². The molecular weight excluding hydrogens is 162 g/mol. The molecular formula is C11H15NO. The third-order valence-electron chi connectivity index (χ3n) is 2.91. The van der Waals surface area contributed by atoms with Crippen molar-refractivity contribution in [3.8, 4) is 5.75 Å². The Morgan fingerprint density at radius 3 is 2.92 bits per heavy atom. The van der Waals surface area contributed by atoms with Gasteiger partial charge in [0.05, 0.1) is 7.11 Å². The largest absolute Gasteiger partial charge is 0.496 e. The molecule has 70 valence electrons. The zero-order valence-electron chi connectivity index (χ0n) is 8.13. The molecule has 0 aliphatic heterocycles. The van der Waals surface area contributed by atoms with E-state index in [0.717, 1.165) is 18.6 Å². The number of rotatable bonds is 1. The summed E-state index contributed by atoms with van der Waals surface area (Å²) in [7, 11) is 1.71. The average molecular weight is 177 g/mol. The molecule has 2 N–H and O–H groups in total. The molecule has 0 unspecified atom stereocenters. The number of nitrogens with two attached hydrogens (primary N) is 1. The molecule has 2 heteroatoms. The summed E-state index contributed by atoms with van der Waals surface area (Å²) in [6.07, 6.45) is 2.17. The Labute approximate surface area is 78.7 Å². The van der Waals surface area contributed by atoms with Gasteiger partial charge in [-0.2, -0.15) is 0 Å². The highest BCUT2D eigenvalue weighted by atomic mass is 16.5. The maximum absolute atomic E-state index is 5.97. The van der Waals surface area contributed by atoms with Gasteiger partial charge in [-0.15, -0.1) is 0 Å². The Hall–Kier alpha value is -1.02. The van der Waals surface area contributed by atoms with Gasteiger partial charge in [0, 0.05) is 6.04 Å². The lowest BCUT2D eigenvalue weighted by molar-refractivity contribution is 0.411. The molecule has 0 fully saturated rings. The van der Waals surface area contributed by atoms with E-state index in [-0.39, 0.29) is 6.04 Å². The van der Waals surface area contributed by atoms with Crippen LogP contribution in [0.2, 0.25) is 0 Å². The third-order valence-corrected chi connectivity index (χ3v) is 2.91. The van der Waals surface area contributed by atoms with Gasteiger partial charge in [0.15, 0.2) is 0 Å². The van der Waals surface area contributed by atoms with E-state index in [1.54, 1.807) is 7.11 Å². The fourth-order valence-corrected chi connectivity index (χ4v) is 2.11. The summed E-state index contributed by atoms with van der Waals surface area (Å²) in [4.78, 5) is 0. The molecule has 0 saturated carbocycles. The lowest BCUT2D eigenvalue weighted by Gasteiger charge is -2.10. The van der Waals surface area contributed by atoms with Crippen LogP contribution in [0.3, 0.4) is 0 Å². The van der Waals surface area contributed by atoms with E-state index in [1.165, 1.54) is 16.7 Å². The van der Waals surface area contributed by atoms with E-state index in [9.17, 15) is 0 Å². The number of hydrogen-bond donors (Lipinski definition) is 1. The summed E-state index contributed by atoms with van der Waals surface area (Å²) in [5.41, 5.74) is 9.92. The molecule has 0 heterocycles. The normalized spacial score (nSPS) is 20.1. The standard InChI is InChI=1S/C11H15NO/c1-7-8-3-5-10(12)9(8)4-6-11(7)13-2/h4,6,10H,3,5,12H2,1-2H3/t10-/m0/s1. The van der Waals surface area contributed by atoms with Crippen molar-refractivity contribution >= 4 is 0 Å². The SMILES string of the molecule is COc1ccc2c(c1C)CC[C@@H]2N. The highest BCUT2D eigenvalue weighted by Crippen LogP contribution is 2.35. The van der Waals surface area contributed by atoms with Crippen molar-refractivity contribution in [2.24, 2.45) is 5.73 Å². The van der Waals surface area contributed by atoms with Gasteiger partial charge in [-0.1, -0.05) is 6.07 Å². The van der Waals surface area contributed by atoms with Crippen molar-refractivity contribution in [1.82, 2.24) is 0 Å². The second-order valence-electron chi connectivity index (χ2n) is 3.61. The first kappa shape index (κ1) is 8.57. The van der Waals surface area contributed by atoms with E-state index in [0.29, 0.717) is 0 Å². The van der Waals surface area contributed by atoms with Gasteiger partial charge < -0.3 is 10.5 Å². The van der Waals surface area contributed by atoms with Crippen LogP contribution in [0.5, 0.6) is 5.75 Å². The monoisotopic (exact) mass is 177 g/mol. The molecule has 0 saturated heterocycles. The Kier molecular flexibility index (Phi) is 2.00. The second-order valence-corrected chi connectivity index (χ2v) is 3.61. The van der Waals surface area contributed by atoms with Crippen LogP contribution >= 0.6 is 0 Å². The molecule has 1 aliphatic carbocycles. The quantitative estimate of drug-likeness (QED) is 0.711. The van der Waals surface area contributed by atoms with E-state index in [4.69, 9.17) is 10.5 Å². The molecule has 1 aromatic rings. The number of benzene rings is 1. The molecule has 13 heavy (non-hydrogen) atoms. The third kappa shape index (κ3) is 1.22. The summed E-state index contributed by atoms with van der Waals surface area (Å²) in [6, 6.07) is 4.35. The minimum atomic E-state index is 0.236. The number of fused-ring (bicyclic) bond motifs is 1. The van der Waals surface area contributed by atoms with Crippen LogP contribution in [0.25, 0.3) is 0 Å². The van der Waals surface area contributed by atoms with Crippen LogP contribution in [0.1, 0.15) is 29.2 Å². The first-order valence-corrected chi connectivity index (χ1v) is 4.66. The minimum absolute atomic E-state index is 0.236. The summed E-state index contributed by atoms with van der Waals surface area (Å²) in [6.45, 7) is 2.11. The van der Waals surface area contributed by atoms with Crippen LogP contribution in [0.4, 0.5) is 0 Å². The maximum Gasteiger partial charge on any atom is 0.122 e. The Morgan fingerprint density at radius 1 is 1.46 bits per heavy atom. The first-order chi connectivity index (χ1) is 6.24. The molecule has 0 radical (unpaired) electrons. The number of methoxy groups -OCH3 is 1. The van der Waals surface area contributed by atoms with Crippen LogP contribution in [-0.2, 0) is 6.42 Å². The molecule has 2 nitrogen and oxygen atoms in total. The highest BCUT2D eigenvalue weighted by molar-refractivity contribution is 5.47. The summed E-state index contributed by atoms with van der Waals surface area (Å²) >= 11 is 0. The lowest BCUT2D eigenvalue weighted by Crippen LogP contribution is -2.05. The van der Waals surface area contributed by atoms with Gasteiger partial charge in [0.25, 0.3) is 0 Å². The Morgan fingerprint density at radius 2 is 2.23 bits per heavy atom. The molecule has 1 aromatic carbocycles. The summed E-state index contributed by atoms with van der Waals surface area (Å²) < 4.78 is 5.26. The zero-order chi connectivity index (χ0) is 9.42. The molecule has 1 aliphatic rings. The van der Waals surface area contributed by atoms with E-state index in [1.807, 2.05) is 6.07 Å². The molecule has 0 aromatic heterocycles. The van der Waals surface area contributed by atoms with Crippen molar-refractivity contribution in [3.05, 3.63) is 28.8 Å². The van der Waals surface area contributed by atoms with Gasteiger partial charge in [0.2, 0.25) is 0 Å². The molecule has 0 amide bonds. The number of hydrogen-bond acceptors (Lipinski definition) is 2. The minimum Gasteiger partial charge on any atom is -0.496 e. The van der Waals surface area contributed by atoms with Gasteiger partial charge in [-0.05, 0) is 42.5 Å². The van der Waals surface area contributed by atoms with Gasteiger partial charge in [-0.3, -0.25) is 0 Å². The second kappa shape index (κ2) is 3.04. The van der Waals surface area contributed by atoms with Crippen molar-refractivity contribution in [1.29, 1.82) is 0 Å². The Balaban J connectivity index is 2.54. The first-order valence-electron chi connectivity index (χ1n) is 4.66. The summed E-state index contributed by atoms with van der Waals surface area (Å²) in [5, 5.41) is 0. The van der Waals surface area contributed by atoms with Crippen LogP contribution in [-0.4, -0.2) is 7.11 Å². The predicted octanol–water partition coefficient (Wildman–Crippen LogP) is 1.95. The molecule has 2 rings (SSSR count). The Bertz CT molecular complexity index is 333. The van der Waals surface area contributed by atoms with Gasteiger partial charge >= 0.3 is 0 Å². The van der Waals surface area contributed by atoms with E-state index in [2.05, 4.69) is 13.0 Å². The van der Waals surface area contributed by atoms with Gasteiger partial charge in [-0.25, -0.2) is 0 Å². The van der Waals surface area contributed by atoms with E-state index < -0.39 is 0 Å². The fraction of sp³-hybridized carbons (Fsp3) is 0.455. The predicted molar refractivity (Wildman–Crippen MR) is 53.0 cm³/mol. The smallest absolute Gasteiger partial charge is 0.122 e. The molecule has 1 atom stereocenters. The van der Waals surface area contributed by atoms with Crippen LogP contribution < -0.4 is 10.5 Å². The summed E-state index contributed by atoms with van der Waals surface area (Å²) in [5.74, 6) is 0.979. The molecule has 0 spiro atoms.